The molecule has 0 aliphatic carbocycles. The summed E-state index contributed by atoms with van der Waals surface area (Å²) in [5, 5.41) is 14.7. The Hall–Kier alpha value is -2.21. The molecule has 23 heavy (non-hydrogen) atoms. The Kier molecular flexibility index (Phi) is 5.87. The fourth-order valence-electron chi connectivity index (χ4n) is 2.23. The van der Waals surface area contributed by atoms with E-state index in [1.54, 1.807) is 0 Å². The van der Waals surface area contributed by atoms with Crippen molar-refractivity contribution in [3.8, 4) is 0 Å². The van der Waals surface area contributed by atoms with Crippen LogP contribution in [0, 0.1) is 6.92 Å². The predicted molar refractivity (Wildman–Crippen MR) is 89.5 cm³/mol. The molecule has 122 valence electrons. The lowest BCUT2D eigenvalue weighted by Gasteiger charge is -2.17. The van der Waals surface area contributed by atoms with Crippen LogP contribution in [0.1, 0.15) is 41.2 Å². The quantitative estimate of drug-likeness (QED) is 0.817. The summed E-state index contributed by atoms with van der Waals surface area (Å²) in [7, 11) is 0. The van der Waals surface area contributed by atoms with Crippen molar-refractivity contribution in [3.05, 3.63) is 51.5 Å². The van der Waals surface area contributed by atoms with Crippen molar-refractivity contribution >= 4 is 23.2 Å². The molecule has 2 aromatic rings. The number of amides is 1. The van der Waals surface area contributed by atoms with Crippen LogP contribution in [0.3, 0.4) is 0 Å². The number of carbonyl (C=O) groups excluding carboxylic acids is 1. The zero-order valence-electron chi connectivity index (χ0n) is 13.2. The highest BCUT2D eigenvalue weighted by molar-refractivity contribution is 7.09. The van der Waals surface area contributed by atoms with E-state index in [1.165, 1.54) is 11.3 Å². The minimum atomic E-state index is -0.946. The minimum Gasteiger partial charge on any atom is -0.481 e. The first-order valence-electron chi connectivity index (χ1n) is 7.49. The molecule has 1 atom stereocenters. The molecule has 2 N–H and O–H groups in total. The van der Waals surface area contributed by atoms with Crippen molar-refractivity contribution in [1.29, 1.82) is 0 Å². The molecule has 5 nitrogen and oxygen atoms in total. The number of aryl methyl sites for hydroxylation is 2. The minimum absolute atomic E-state index is 0.147. The van der Waals surface area contributed by atoms with E-state index in [0.717, 1.165) is 28.2 Å². The molecule has 0 spiro atoms. The zero-order valence-corrected chi connectivity index (χ0v) is 14.0. The Labute approximate surface area is 139 Å². The number of aliphatic carboxylic acids is 1. The Morgan fingerprint density at radius 3 is 2.57 bits per heavy atom. The first-order valence-corrected chi connectivity index (χ1v) is 8.37. The maximum atomic E-state index is 12.2. The number of nitrogens with zero attached hydrogens (tertiary/aromatic N) is 1. The number of thiazole rings is 1. The summed E-state index contributed by atoms with van der Waals surface area (Å²) in [5.41, 5.74) is 2.60. The molecule has 6 heteroatoms. The molecule has 0 aliphatic heterocycles. The van der Waals surface area contributed by atoms with Gasteiger partial charge in [0.15, 0.2) is 0 Å². The van der Waals surface area contributed by atoms with Gasteiger partial charge in [0.05, 0.1) is 29.6 Å². The van der Waals surface area contributed by atoms with Gasteiger partial charge in [-0.15, -0.1) is 11.3 Å². The third kappa shape index (κ3) is 5.17. The molecule has 1 heterocycles. The smallest absolute Gasteiger partial charge is 0.305 e. The Morgan fingerprint density at radius 1 is 1.30 bits per heavy atom. The fourth-order valence-corrected chi connectivity index (χ4v) is 2.97. The van der Waals surface area contributed by atoms with Crippen LogP contribution < -0.4 is 5.32 Å². The van der Waals surface area contributed by atoms with Crippen molar-refractivity contribution in [2.75, 3.05) is 0 Å². The van der Waals surface area contributed by atoms with Gasteiger partial charge in [0.1, 0.15) is 0 Å². The molecule has 0 fully saturated rings. The van der Waals surface area contributed by atoms with Gasteiger partial charge in [-0.3, -0.25) is 9.59 Å². The van der Waals surface area contributed by atoms with Crippen molar-refractivity contribution in [3.63, 3.8) is 0 Å². The van der Waals surface area contributed by atoms with Crippen LogP contribution in [0.4, 0.5) is 0 Å². The molecule has 1 aromatic heterocycles. The maximum absolute atomic E-state index is 12.2. The van der Waals surface area contributed by atoms with Gasteiger partial charge in [-0.2, -0.15) is 0 Å². The van der Waals surface area contributed by atoms with Crippen LogP contribution in [0.15, 0.2) is 29.6 Å². The number of aromatic nitrogens is 1. The van der Waals surface area contributed by atoms with Gasteiger partial charge in [-0.25, -0.2) is 4.98 Å². The predicted octanol–water partition coefficient (Wildman–Crippen LogP) is 2.89. The van der Waals surface area contributed by atoms with E-state index in [0.29, 0.717) is 0 Å². The zero-order chi connectivity index (χ0) is 16.8. The van der Waals surface area contributed by atoms with E-state index in [9.17, 15) is 9.59 Å². The third-order valence-corrected chi connectivity index (χ3v) is 4.48. The first-order chi connectivity index (χ1) is 11.0. The number of benzene rings is 1. The van der Waals surface area contributed by atoms with Gasteiger partial charge in [0.25, 0.3) is 0 Å². The van der Waals surface area contributed by atoms with Gasteiger partial charge in [0, 0.05) is 5.38 Å². The summed E-state index contributed by atoms with van der Waals surface area (Å²) in [6.45, 7) is 3.98. The molecule has 0 saturated heterocycles. The van der Waals surface area contributed by atoms with Crippen molar-refractivity contribution in [2.45, 2.75) is 39.2 Å². The summed E-state index contributed by atoms with van der Waals surface area (Å²) in [6, 6.07) is 6.97. The molecule has 0 radical (unpaired) electrons. The summed E-state index contributed by atoms with van der Waals surface area (Å²) in [4.78, 5) is 27.6. The van der Waals surface area contributed by atoms with Crippen LogP contribution in [0.25, 0.3) is 0 Å². The Bertz CT molecular complexity index is 679. The lowest BCUT2D eigenvalue weighted by molar-refractivity contribution is -0.137. The van der Waals surface area contributed by atoms with E-state index >= 15 is 0 Å². The summed E-state index contributed by atoms with van der Waals surface area (Å²) < 4.78 is 0. The molecular weight excluding hydrogens is 312 g/mol. The van der Waals surface area contributed by atoms with Gasteiger partial charge in [-0.1, -0.05) is 36.8 Å². The van der Waals surface area contributed by atoms with Crippen molar-refractivity contribution in [1.82, 2.24) is 10.3 Å². The van der Waals surface area contributed by atoms with Crippen molar-refractivity contribution in [2.24, 2.45) is 0 Å². The Morgan fingerprint density at radius 2 is 2.00 bits per heavy atom. The normalized spacial score (nSPS) is 11.9. The lowest BCUT2D eigenvalue weighted by Crippen LogP contribution is -2.31. The fraction of sp³-hybridized carbons (Fsp3) is 0.353. The van der Waals surface area contributed by atoms with E-state index < -0.39 is 12.0 Å². The number of nitrogens with one attached hydrogen (secondary N) is 1. The Balaban J connectivity index is 2.05. The highest BCUT2D eigenvalue weighted by Crippen LogP contribution is 2.18. The molecule has 2 rings (SSSR count). The number of rotatable bonds is 7. The first kappa shape index (κ1) is 17.1. The molecule has 0 saturated carbocycles. The number of carboxylic acid groups (broad SMARTS) is 1. The number of hydrogen-bond acceptors (Lipinski definition) is 4. The molecule has 0 unspecified atom stereocenters. The number of hydrogen-bond donors (Lipinski definition) is 2. The second-order valence-electron chi connectivity index (χ2n) is 5.39. The average Bonchev–Trinajstić information content (AvgIpc) is 2.94. The van der Waals surface area contributed by atoms with E-state index in [-0.39, 0.29) is 18.7 Å². The van der Waals surface area contributed by atoms with Crippen LogP contribution in [0.2, 0.25) is 0 Å². The molecule has 1 amide bonds. The van der Waals surface area contributed by atoms with Crippen LogP contribution in [-0.2, 0) is 22.4 Å². The van der Waals surface area contributed by atoms with E-state index in [2.05, 4.69) is 10.3 Å². The van der Waals surface area contributed by atoms with Gasteiger partial charge < -0.3 is 10.4 Å². The van der Waals surface area contributed by atoms with E-state index in [4.69, 9.17) is 5.11 Å². The van der Waals surface area contributed by atoms with Crippen LogP contribution >= 0.6 is 11.3 Å². The molecule has 0 aliphatic rings. The SMILES string of the molecule is CCc1nc(CC(=O)N[C@@H](CC(=O)O)c2ccc(C)cc2)cs1. The largest absolute Gasteiger partial charge is 0.481 e. The average molecular weight is 332 g/mol. The van der Waals surface area contributed by atoms with Gasteiger partial charge in [-0.05, 0) is 18.9 Å². The number of carboxylic acids is 1. The summed E-state index contributed by atoms with van der Waals surface area (Å²) in [6.07, 6.45) is 0.863. The monoisotopic (exact) mass is 332 g/mol. The van der Waals surface area contributed by atoms with Crippen molar-refractivity contribution < 1.29 is 14.7 Å². The second-order valence-corrected chi connectivity index (χ2v) is 6.33. The summed E-state index contributed by atoms with van der Waals surface area (Å²) in [5.74, 6) is -1.16. The third-order valence-electron chi connectivity index (χ3n) is 3.44. The summed E-state index contributed by atoms with van der Waals surface area (Å²) >= 11 is 1.53. The molecule has 0 bridgehead atoms. The van der Waals surface area contributed by atoms with Gasteiger partial charge in [0.2, 0.25) is 5.91 Å². The topological polar surface area (TPSA) is 79.3 Å². The maximum Gasteiger partial charge on any atom is 0.305 e. The molecular formula is C17H20N2O3S. The van der Waals surface area contributed by atoms with E-state index in [1.807, 2.05) is 43.5 Å². The lowest BCUT2D eigenvalue weighted by atomic mass is 10.0. The highest BCUT2D eigenvalue weighted by Gasteiger charge is 2.18. The standard InChI is InChI=1S/C17H20N2O3S/c1-3-16-18-13(10-23-16)8-15(20)19-14(9-17(21)22)12-6-4-11(2)5-7-12/h4-7,10,14H,3,8-9H2,1-2H3,(H,19,20)(H,21,22)/t14-/m0/s1. The molecule has 1 aromatic carbocycles. The number of carbonyl (C=O) groups is 2. The van der Waals surface area contributed by atoms with Gasteiger partial charge >= 0.3 is 5.97 Å². The van der Waals surface area contributed by atoms with Crippen LogP contribution in [-0.4, -0.2) is 22.0 Å². The highest BCUT2D eigenvalue weighted by atomic mass is 32.1. The van der Waals surface area contributed by atoms with Crippen LogP contribution in [0.5, 0.6) is 0 Å². The second kappa shape index (κ2) is 7.87.